The molecule has 1 saturated heterocycles. The maximum atomic E-state index is 12.1. The van der Waals surface area contributed by atoms with Crippen LogP contribution in [0.15, 0.2) is 24.3 Å². The Morgan fingerprint density at radius 2 is 1.91 bits per heavy atom. The van der Waals surface area contributed by atoms with Gasteiger partial charge in [0.15, 0.2) is 9.84 Å². The molecule has 0 spiro atoms. The molecule has 6 heteroatoms. The van der Waals surface area contributed by atoms with Crippen molar-refractivity contribution in [2.45, 2.75) is 26.2 Å². The first-order chi connectivity index (χ1) is 10.9. The van der Waals surface area contributed by atoms with E-state index in [4.69, 9.17) is 0 Å². The van der Waals surface area contributed by atoms with Crippen LogP contribution in [0.5, 0.6) is 0 Å². The molecule has 0 aromatic heterocycles. The maximum Gasteiger partial charge on any atom is 0.220 e. The van der Waals surface area contributed by atoms with Gasteiger partial charge in [-0.25, -0.2) is 8.42 Å². The van der Waals surface area contributed by atoms with Crippen LogP contribution < -0.4 is 5.32 Å². The molecule has 23 heavy (non-hydrogen) atoms. The predicted molar refractivity (Wildman–Crippen MR) is 92.3 cm³/mol. The lowest BCUT2D eigenvalue weighted by Gasteiger charge is -2.26. The molecule has 1 heterocycles. The molecule has 2 rings (SSSR count). The van der Waals surface area contributed by atoms with Gasteiger partial charge < -0.3 is 5.32 Å². The van der Waals surface area contributed by atoms with Crippen LogP contribution in [-0.4, -0.2) is 56.9 Å². The summed E-state index contributed by atoms with van der Waals surface area (Å²) in [6.45, 7) is 6.54. The summed E-state index contributed by atoms with van der Waals surface area (Å²) in [5.41, 5.74) is 2.42. The van der Waals surface area contributed by atoms with Crippen molar-refractivity contribution in [1.29, 1.82) is 0 Å². The van der Waals surface area contributed by atoms with Crippen molar-refractivity contribution < 1.29 is 13.2 Å². The maximum absolute atomic E-state index is 12.1. The Hall–Kier alpha value is -1.40. The Bertz CT molecular complexity index is 629. The predicted octanol–water partition coefficient (Wildman–Crippen LogP) is 1.34. The van der Waals surface area contributed by atoms with Gasteiger partial charge in [-0.2, -0.15) is 0 Å². The molecule has 0 aliphatic carbocycles. The van der Waals surface area contributed by atoms with Crippen LogP contribution in [-0.2, 0) is 14.6 Å². The number of amides is 1. The SMILES string of the molecule is Cc1ccccc1C(C)CC(=O)NCCN1CCS(=O)(=O)CC1. The van der Waals surface area contributed by atoms with E-state index in [0.29, 0.717) is 32.6 Å². The second-order valence-electron chi connectivity index (χ2n) is 6.31. The van der Waals surface area contributed by atoms with E-state index in [9.17, 15) is 13.2 Å². The number of hydrogen-bond acceptors (Lipinski definition) is 4. The van der Waals surface area contributed by atoms with Crippen LogP contribution in [0.3, 0.4) is 0 Å². The molecule has 1 aromatic rings. The van der Waals surface area contributed by atoms with Gasteiger partial charge >= 0.3 is 0 Å². The number of hydrogen-bond donors (Lipinski definition) is 1. The first kappa shape index (κ1) is 17.9. The smallest absolute Gasteiger partial charge is 0.220 e. The van der Waals surface area contributed by atoms with E-state index >= 15 is 0 Å². The zero-order valence-corrected chi connectivity index (χ0v) is 14.7. The second kappa shape index (κ2) is 7.93. The molecule has 1 unspecified atom stereocenters. The lowest BCUT2D eigenvalue weighted by molar-refractivity contribution is -0.121. The van der Waals surface area contributed by atoms with Gasteiger partial charge in [-0.1, -0.05) is 31.2 Å². The van der Waals surface area contributed by atoms with Gasteiger partial charge in [-0.05, 0) is 24.0 Å². The van der Waals surface area contributed by atoms with Gasteiger partial charge in [0.1, 0.15) is 0 Å². The molecule has 0 bridgehead atoms. The van der Waals surface area contributed by atoms with Crippen LogP contribution in [0.25, 0.3) is 0 Å². The number of benzene rings is 1. The summed E-state index contributed by atoms with van der Waals surface area (Å²) < 4.78 is 22.7. The van der Waals surface area contributed by atoms with Crippen molar-refractivity contribution in [2.75, 3.05) is 37.7 Å². The lowest BCUT2D eigenvalue weighted by atomic mass is 9.93. The van der Waals surface area contributed by atoms with E-state index in [1.54, 1.807) is 0 Å². The molecule has 1 atom stereocenters. The highest BCUT2D eigenvalue weighted by atomic mass is 32.2. The van der Waals surface area contributed by atoms with Crippen molar-refractivity contribution >= 4 is 15.7 Å². The molecule has 1 aliphatic rings. The van der Waals surface area contributed by atoms with Gasteiger partial charge in [0, 0.05) is 32.6 Å². The molecule has 1 fully saturated rings. The number of nitrogens with one attached hydrogen (secondary N) is 1. The number of aryl methyl sites for hydroxylation is 1. The number of carbonyl (C=O) groups excluding carboxylic acids is 1. The van der Waals surface area contributed by atoms with E-state index < -0.39 is 9.84 Å². The average Bonchev–Trinajstić information content (AvgIpc) is 2.49. The fraction of sp³-hybridized carbons (Fsp3) is 0.588. The Morgan fingerprint density at radius 1 is 1.26 bits per heavy atom. The van der Waals surface area contributed by atoms with Gasteiger partial charge in [0.05, 0.1) is 11.5 Å². The minimum Gasteiger partial charge on any atom is -0.355 e. The Labute approximate surface area is 139 Å². The summed E-state index contributed by atoms with van der Waals surface area (Å²) in [5.74, 6) is 0.693. The minimum atomic E-state index is -2.84. The molecular formula is C17H26N2O3S. The summed E-state index contributed by atoms with van der Waals surface area (Å²) in [6.07, 6.45) is 0.471. The highest BCUT2D eigenvalue weighted by Crippen LogP contribution is 2.22. The van der Waals surface area contributed by atoms with Gasteiger partial charge in [-0.3, -0.25) is 9.69 Å². The minimum absolute atomic E-state index is 0.0467. The molecule has 0 radical (unpaired) electrons. The average molecular weight is 338 g/mol. The van der Waals surface area contributed by atoms with E-state index in [1.165, 1.54) is 11.1 Å². The first-order valence-electron chi connectivity index (χ1n) is 8.12. The lowest BCUT2D eigenvalue weighted by Crippen LogP contribution is -2.43. The highest BCUT2D eigenvalue weighted by Gasteiger charge is 2.21. The third-order valence-corrected chi connectivity index (χ3v) is 6.01. The molecule has 0 saturated carbocycles. The van der Waals surface area contributed by atoms with Crippen molar-refractivity contribution in [3.63, 3.8) is 0 Å². The molecule has 1 aromatic carbocycles. The zero-order chi connectivity index (χ0) is 16.9. The normalized spacial score (nSPS) is 19.2. The number of nitrogens with zero attached hydrogens (tertiary/aromatic N) is 1. The zero-order valence-electron chi connectivity index (χ0n) is 13.9. The fourth-order valence-corrected chi connectivity index (χ4v) is 4.20. The summed E-state index contributed by atoms with van der Waals surface area (Å²) >= 11 is 0. The van der Waals surface area contributed by atoms with E-state index in [2.05, 4.69) is 36.2 Å². The van der Waals surface area contributed by atoms with Crippen molar-refractivity contribution in [3.05, 3.63) is 35.4 Å². The van der Waals surface area contributed by atoms with Crippen LogP contribution in [0.4, 0.5) is 0 Å². The second-order valence-corrected chi connectivity index (χ2v) is 8.61. The quantitative estimate of drug-likeness (QED) is 0.850. The van der Waals surface area contributed by atoms with Crippen LogP contribution in [0.1, 0.15) is 30.4 Å². The summed E-state index contributed by atoms with van der Waals surface area (Å²) in [6, 6.07) is 8.14. The van der Waals surface area contributed by atoms with Gasteiger partial charge in [0.25, 0.3) is 0 Å². The first-order valence-corrected chi connectivity index (χ1v) is 9.94. The van der Waals surface area contributed by atoms with Crippen molar-refractivity contribution in [3.8, 4) is 0 Å². The molecule has 1 N–H and O–H groups in total. The molecule has 1 aliphatic heterocycles. The van der Waals surface area contributed by atoms with Gasteiger partial charge in [-0.15, -0.1) is 0 Å². The van der Waals surface area contributed by atoms with Crippen LogP contribution >= 0.6 is 0 Å². The summed E-state index contributed by atoms with van der Waals surface area (Å²) in [4.78, 5) is 14.1. The standard InChI is InChI=1S/C17H26N2O3S/c1-14-5-3-4-6-16(14)15(2)13-17(20)18-7-8-19-9-11-23(21,22)12-10-19/h3-6,15H,7-13H2,1-2H3,(H,18,20). The topological polar surface area (TPSA) is 66.5 Å². The third-order valence-electron chi connectivity index (χ3n) is 4.40. The van der Waals surface area contributed by atoms with E-state index in [-0.39, 0.29) is 23.3 Å². The Balaban J connectivity index is 1.70. The van der Waals surface area contributed by atoms with Crippen LogP contribution in [0, 0.1) is 6.92 Å². The Kier molecular flexibility index (Phi) is 6.18. The molecule has 5 nitrogen and oxygen atoms in total. The van der Waals surface area contributed by atoms with Gasteiger partial charge in [0.2, 0.25) is 5.91 Å². The fourth-order valence-electron chi connectivity index (χ4n) is 2.93. The van der Waals surface area contributed by atoms with Crippen LogP contribution in [0.2, 0.25) is 0 Å². The number of rotatable bonds is 6. The number of carbonyl (C=O) groups is 1. The van der Waals surface area contributed by atoms with E-state index in [0.717, 1.165) is 0 Å². The van der Waals surface area contributed by atoms with Crippen molar-refractivity contribution in [1.82, 2.24) is 10.2 Å². The largest absolute Gasteiger partial charge is 0.355 e. The molecular weight excluding hydrogens is 312 g/mol. The highest BCUT2D eigenvalue weighted by molar-refractivity contribution is 7.91. The monoisotopic (exact) mass is 338 g/mol. The van der Waals surface area contributed by atoms with Crippen molar-refractivity contribution in [2.24, 2.45) is 0 Å². The number of sulfone groups is 1. The summed E-state index contributed by atoms with van der Waals surface area (Å²) in [5, 5.41) is 2.94. The van der Waals surface area contributed by atoms with E-state index in [1.807, 2.05) is 12.1 Å². The third kappa shape index (κ3) is 5.62. The summed E-state index contributed by atoms with van der Waals surface area (Å²) in [7, 11) is -2.84. The molecule has 128 valence electrons. The Morgan fingerprint density at radius 3 is 2.57 bits per heavy atom. The molecule has 1 amide bonds.